The van der Waals surface area contributed by atoms with Crippen LogP contribution in [0.4, 0.5) is 0 Å². The zero-order valence-corrected chi connectivity index (χ0v) is 13.0. The number of carbonyl (C=O) groups excluding carboxylic acids is 1. The second kappa shape index (κ2) is 5.91. The first kappa shape index (κ1) is 15.0. The highest BCUT2D eigenvalue weighted by molar-refractivity contribution is 7.71. The van der Waals surface area contributed by atoms with Crippen LogP contribution >= 0.6 is 35.4 Å². The van der Waals surface area contributed by atoms with E-state index in [0.29, 0.717) is 27.1 Å². The summed E-state index contributed by atoms with van der Waals surface area (Å²) in [7, 11) is 1.29. The van der Waals surface area contributed by atoms with E-state index in [1.54, 1.807) is 25.1 Å². The van der Waals surface area contributed by atoms with Gasteiger partial charge in [-0.15, -0.1) is 0 Å². The lowest BCUT2D eigenvalue weighted by Gasteiger charge is -2.08. The van der Waals surface area contributed by atoms with Crippen LogP contribution in [-0.2, 0) is 4.74 Å². The van der Waals surface area contributed by atoms with Crippen LogP contribution in [0.5, 0.6) is 0 Å². The van der Waals surface area contributed by atoms with Gasteiger partial charge in [-0.2, -0.15) is 0 Å². The molecule has 0 aliphatic heterocycles. The van der Waals surface area contributed by atoms with Gasteiger partial charge in [0.2, 0.25) is 0 Å². The van der Waals surface area contributed by atoms with Crippen molar-refractivity contribution in [3.63, 3.8) is 0 Å². The second-order valence-electron chi connectivity index (χ2n) is 4.04. The Kier molecular flexibility index (Phi) is 4.42. The number of carbonyl (C=O) groups is 1. The number of nitrogens with one attached hydrogen (secondary N) is 1. The molecule has 0 aliphatic carbocycles. The lowest BCUT2D eigenvalue weighted by molar-refractivity contribution is 0.0598. The number of nitrogens with zero attached hydrogens (tertiary/aromatic N) is 1. The van der Waals surface area contributed by atoms with Crippen molar-refractivity contribution in [2.45, 2.75) is 6.92 Å². The molecular formula is C13H10Cl2N2O2S. The van der Waals surface area contributed by atoms with Gasteiger partial charge in [0.05, 0.1) is 7.11 Å². The van der Waals surface area contributed by atoms with Crippen molar-refractivity contribution in [2.24, 2.45) is 0 Å². The Hall–Kier alpha value is -1.43. The maximum Gasteiger partial charge on any atom is 0.342 e. The fourth-order valence-electron chi connectivity index (χ4n) is 1.76. The van der Waals surface area contributed by atoms with Crippen LogP contribution in [0.2, 0.25) is 10.0 Å². The summed E-state index contributed by atoms with van der Waals surface area (Å²) >= 11 is 17.1. The van der Waals surface area contributed by atoms with Crippen molar-refractivity contribution >= 4 is 41.4 Å². The monoisotopic (exact) mass is 328 g/mol. The summed E-state index contributed by atoms with van der Waals surface area (Å²) in [6.07, 6.45) is 0. The van der Waals surface area contributed by atoms with Gasteiger partial charge >= 0.3 is 5.97 Å². The standard InChI is InChI=1S/C13H10Cl2N2O2S/c1-6-10(13(18)19-2)12(20)17-11(16-6)7-3-8(14)5-9(15)4-7/h3-5H,1-2H3,(H,16,17,20). The molecular weight excluding hydrogens is 319 g/mol. The number of aryl methyl sites for hydroxylation is 1. The number of halogens is 2. The van der Waals surface area contributed by atoms with Gasteiger partial charge in [-0.1, -0.05) is 35.4 Å². The SMILES string of the molecule is COC(=O)c1c(C)[nH]c(-c2cc(Cl)cc(Cl)c2)nc1=S. The maximum atomic E-state index is 11.6. The van der Waals surface area contributed by atoms with Crippen molar-refractivity contribution in [3.05, 3.63) is 44.1 Å². The van der Waals surface area contributed by atoms with Gasteiger partial charge in [-0.3, -0.25) is 0 Å². The minimum absolute atomic E-state index is 0.166. The molecule has 7 heteroatoms. The average Bonchev–Trinajstić information content (AvgIpc) is 2.36. The molecule has 4 nitrogen and oxygen atoms in total. The Bertz CT molecular complexity index is 723. The van der Waals surface area contributed by atoms with E-state index in [9.17, 15) is 4.79 Å². The predicted molar refractivity (Wildman–Crippen MR) is 81.0 cm³/mol. The Balaban J connectivity index is 2.61. The highest BCUT2D eigenvalue weighted by Gasteiger charge is 2.15. The quantitative estimate of drug-likeness (QED) is 0.662. The van der Waals surface area contributed by atoms with Crippen LogP contribution in [0, 0.1) is 11.6 Å². The molecule has 0 bridgehead atoms. The summed E-state index contributed by atoms with van der Waals surface area (Å²) in [4.78, 5) is 18.8. The van der Waals surface area contributed by atoms with Crippen LogP contribution in [0.15, 0.2) is 18.2 Å². The molecule has 0 fully saturated rings. The highest BCUT2D eigenvalue weighted by atomic mass is 35.5. The first-order valence-corrected chi connectivity index (χ1v) is 6.74. The first-order chi connectivity index (χ1) is 9.42. The summed E-state index contributed by atoms with van der Waals surface area (Å²) in [5.74, 6) is -0.0310. The molecule has 0 unspecified atom stereocenters. The van der Waals surface area contributed by atoms with Gasteiger partial charge in [0, 0.05) is 21.3 Å². The van der Waals surface area contributed by atoms with Crippen LogP contribution in [0.1, 0.15) is 16.1 Å². The van der Waals surface area contributed by atoms with E-state index in [4.69, 9.17) is 35.4 Å². The third-order valence-corrected chi connectivity index (χ3v) is 3.37. The van der Waals surface area contributed by atoms with Gasteiger partial charge in [0.1, 0.15) is 16.0 Å². The predicted octanol–water partition coefficient (Wildman–Crippen LogP) is 4.21. The van der Waals surface area contributed by atoms with E-state index in [1.807, 2.05) is 0 Å². The summed E-state index contributed by atoms with van der Waals surface area (Å²) in [6.45, 7) is 1.72. The molecule has 0 radical (unpaired) electrons. The van der Waals surface area contributed by atoms with Crippen LogP contribution in [0.25, 0.3) is 11.4 Å². The molecule has 1 aromatic heterocycles. The number of esters is 1. The fraction of sp³-hybridized carbons (Fsp3) is 0.154. The molecule has 104 valence electrons. The van der Waals surface area contributed by atoms with Gasteiger partial charge < -0.3 is 9.72 Å². The Morgan fingerprint density at radius 1 is 1.30 bits per heavy atom. The zero-order chi connectivity index (χ0) is 14.9. The molecule has 20 heavy (non-hydrogen) atoms. The lowest BCUT2D eigenvalue weighted by atomic mass is 10.2. The molecule has 2 aromatic rings. The van der Waals surface area contributed by atoms with E-state index in [0.717, 1.165) is 0 Å². The molecule has 0 atom stereocenters. The molecule has 0 spiro atoms. The minimum Gasteiger partial charge on any atom is -0.465 e. The number of aromatic amines is 1. The largest absolute Gasteiger partial charge is 0.465 e. The summed E-state index contributed by atoms with van der Waals surface area (Å²) in [5.41, 5.74) is 1.51. The van der Waals surface area contributed by atoms with Gasteiger partial charge in [0.25, 0.3) is 0 Å². The molecule has 0 saturated heterocycles. The van der Waals surface area contributed by atoms with Crippen LogP contribution in [-0.4, -0.2) is 23.0 Å². The molecule has 2 rings (SSSR count). The van der Waals surface area contributed by atoms with Crippen LogP contribution in [0.3, 0.4) is 0 Å². The third-order valence-electron chi connectivity index (χ3n) is 2.63. The fourth-order valence-corrected chi connectivity index (χ4v) is 2.61. The number of hydrogen-bond acceptors (Lipinski definition) is 4. The Labute approximate surface area is 130 Å². The number of rotatable bonds is 2. The number of H-pyrrole nitrogens is 1. The van der Waals surface area contributed by atoms with Gasteiger partial charge in [0.15, 0.2) is 0 Å². The first-order valence-electron chi connectivity index (χ1n) is 5.58. The molecule has 0 amide bonds. The van der Waals surface area contributed by atoms with Crippen molar-refractivity contribution < 1.29 is 9.53 Å². The average molecular weight is 329 g/mol. The van der Waals surface area contributed by atoms with Crippen molar-refractivity contribution in [3.8, 4) is 11.4 Å². The van der Waals surface area contributed by atoms with Crippen LogP contribution < -0.4 is 0 Å². The molecule has 1 aromatic carbocycles. The Morgan fingerprint density at radius 2 is 1.90 bits per heavy atom. The molecule has 0 aliphatic rings. The summed E-state index contributed by atoms with van der Waals surface area (Å²) in [5, 5.41) is 0.978. The lowest BCUT2D eigenvalue weighted by Crippen LogP contribution is -2.08. The maximum absolute atomic E-state index is 11.6. The topological polar surface area (TPSA) is 55.0 Å². The number of aromatic nitrogens is 2. The number of ether oxygens (including phenoxy) is 1. The number of benzene rings is 1. The van der Waals surface area contributed by atoms with Crippen molar-refractivity contribution in [1.82, 2.24) is 9.97 Å². The van der Waals surface area contributed by atoms with E-state index in [-0.39, 0.29) is 10.2 Å². The zero-order valence-electron chi connectivity index (χ0n) is 10.7. The highest BCUT2D eigenvalue weighted by Crippen LogP contribution is 2.25. The smallest absolute Gasteiger partial charge is 0.342 e. The van der Waals surface area contributed by atoms with E-state index in [1.165, 1.54) is 7.11 Å². The second-order valence-corrected chi connectivity index (χ2v) is 5.30. The summed E-state index contributed by atoms with van der Waals surface area (Å²) in [6, 6.07) is 5.04. The van der Waals surface area contributed by atoms with E-state index < -0.39 is 5.97 Å². The summed E-state index contributed by atoms with van der Waals surface area (Å²) < 4.78 is 4.84. The molecule has 1 N–H and O–H groups in total. The number of hydrogen-bond donors (Lipinski definition) is 1. The third kappa shape index (κ3) is 3.00. The molecule has 1 heterocycles. The Morgan fingerprint density at radius 3 is 2.40 bits per heavy atom. The van der Waals surface area contributed by atoms with E-state index in [2.05, 4.69) is 14.7 Å². The molecule has 0 saturated carbocycles. The normalized spacial score (nSPS) is 10.4. The van der Waals surface area contributed by atoms with Crippen molar-refractivity contribution in [2.75, 3.05) is 7.11 Å². The minimum atomic E-state index is -0.521. The van der Waals surface area contributed by atoms with Gasteiger partial charge in [-0.25, -0.2) is 9.78 Å². The number of methoxy groups -OCH3 is 1. The van der Waals surface area contributed by atoms with Crippen molar-refractivity contribution in [1.29, 1.82) is 0 Å². The van der Waals surface area contributed by atoms with Gasteiger partial charge in [-0.05, 0) is 25.1 Å². The van der Waals surface area contributed by atoms with E-state index >= 15 is 0 Å².